The third kappa shape index (κ3) is 27.6. The molecule has 0 aliphatic carbocycles. The number of nitrogens with one attached hydrogen (secondary N) is 2. The second-order valence-corrected chi connectivity index (χ2v) is 11.8. The minimum absolute atomic E-state index is 0.0628. The van der Waals surface area contributed by atoms with Gasteiger partial charge in [0.2, 0.25) is 5.91 Å². The number of carbonyl (C=O) groups is 3. The van der Waals surface area contributed by atoms with Crippen molar-refractivity contribution in [2.75, 3.05) is 65.3 Å². The summed E-state index contributed by atoms with van der Waals surface area (Å²) >= 11 is 0. The van der Waals surface area contributed by atoms with Gasteiger partial charge >= 0.3 is 6.09 Å². The molecule has 2 amide bonds. The van der Waals surface area contributed by atoms with E-state index in [0.29, 0.717) is 84.6 Å². The maximum absolute atomic E-state index is 11.8. The second kappa shape index (κ2) is 26.4. The van der Waals surface area contributed by atoms with E-state index in [2.05, 4.69) is 36.1 Å². The monoisotopic (exact) mass is 568 g/mol. The Morgan fingerprint density at radius 1 is 0.811 bits per heavy atom. The summed E-state index contributed by atoms with van der Waals surface area (Å²) in [5, 5.41) is 5.51. The van der Waals surface area contributed by atoms with Crippen molar-refractivity contribution in [3.63, 3.8) is 0 Å². The normalized spacial score (nSPS) is 11.2. The molecular formula is C25H48N2O8S2. The lowest BCUT2D eigenvalue weighted by atomic mass is 10.1. The average molecular weight is 569 g/mol. The lowest BCUT2D eigenvalue weighted by Gasteiger charge is -2.22. The van der Waals surface area contributed by atoms with E-state index < -0.39 is 6.09 Å². The molecular weight excluding hydrogens is 520 g/mol. The van der Waals surface area contributed by atoms with Gasteiger partial charge in [-0.2, -0.15) is 0 Å². The van der Waals surface area contributed by atoms with Crippen molar-refractivity contribution >= 4 is 40.1 Å². The van der Waals surface area contributed by atoms with Crippen molar-refractivity contribution in [1.82, 2.24) is 10.6 Å². The van der Waals surface area contributed by atoms with Crippen molar-refractivity contribution in [3.8, 4) is 0 Å². The zero-order valence-electron chi connectivity index (χ0n) is 22.9. The number of unbranched alkanes of at least 4 members (excludes halogenated alkanes) is 4. The van der Waals surface area contributed by atoms with Crippen molar-refractivity contribution in [3.05, 3.63) is 0 Å². The van der Waals surface area contributed by atoms with Crippen LogP contribution >= 0.6 is 21.6 Å². The van der Waals surface area contributed by atoms with E-state index in [1.54, 1.807) is 21.6 Å². The number of carbonyl (C=O) groups excluding carboxylic acids is 3. The number of amides is 2. The molecule has 0 rings (SSSR count). The fraction of sp³-hybridized carbons (Fsp3) is 0.880. The van der Waals surface area contributed by atoms with Gasteiger partial charge in [0.15, 0.2) is 0 Å². The lowest BCUT2D eigenvalue weighted by Crippen LogP contribution is -2.30. The van der Waals surface area contributed by atoms with Gasteiger partial charge in [-0.3, -0.25) is 9.59 Å². The topological polar surface area (TPSA) is 121 Å². The van der Waals surface area contributed by atoms with E-state index in [1.807, 2.05) is 0 Å². The smallest absolute Gasteiger partial charge is 0.407 e. The van der Waals surface area contributed by atoms with Crippen LogP contribution in [0.3, 0.4) is 0 Å². The molecule has 2 N–H and O–H groups in total. The van der Waals surface area contributed by atoms with Crippen molar-refractivity contribution in [1.29, 1.82) is 0 Å². The summed E-state index contributed by atoms with van der Waals surface area (Å²) in [7, 11) is 3.32. The zero-order valence-corrected chi connectivity index (χ0v) is 24.5. The Balaban J connectivity index is 3.46. The summed E-state index contributed by atoms with van der Waals surface area (Å²) in [5.41, 5.74) is 0. The first-order chi connectivity index (χ1) is 17.9. The van der Waals surface area contributed by atoms with Crippen molar-refractivity contribution in [2.45, 2.75) is 76.9 Å². The SMILES string of the molecule is CCCCCCC(=O)NCCOCCOCCNC(=O)OCCC(C)(C)SSCOCCCCOC=O. The summed E-state index contributed by atoms with van der Waals surface area (Å²) in [6.45, 7) is 10.7. The molecule has 37 heavy (non-hydrogen) atoms. The molecule has 0 aliphatic rings. The Hall–Kier alpha value is -1.21. The van der Waals surface area contributed by atoms with E-state index in [4.69, 9.17) is 18.9 Å². The molecule has 0 fully saturated rings. The molecule has 12 heteroatoms. The van der Waals surface area contributed by atoms with Crippen molar-refractivity contribution < 1.29 is 38.1 Å². The van der Waals surface area contributed by atoms with Crippen LogP contribution < -0.4 is 10.6 Å². The summed E-state index contributed by atoms with van der Waals surface area (Å²) in [6, 6.07) is 0. The number of rotatable bonds is 27. The first kappa shape index (κ1) is 35.8. The number of ether oxygens (including phenoxy) is 5. The van der Waals surface area contributed by atoms with Gasteiger partial charge in [-0.1, -0.05) is 47.8 Å². The van der Waals surface area contributed by atoms with Crippen LogP contribution in [-0.2, 0) is 33.3 Å². The highest BCUT2D eigenvalue weighted by atomic mass is 33.1. The molecule has 0 aromatic carbocycles. The van der Waals surface area contributed by atoms with E-state index in [9.17, 15) is 14.4 Å². The fourth-order valence-corrected chi connectivity index (χ4v) is 5.08. The second-order valence-electron chi connectivity index (χ2n) is 8.86. The first-order valence-electron chi connectivity index (χ1n) is 13.2. The van der Waals surface area contributed by atoms with Crippen molar-refractivity contribution in [2.24, 2.45) is 0 Å². The van der Waals surface area contributed by atoms with E-state index >= 15 is 0 Å². The van der Waals surface area contributed by atoms with Crippen LogP contribution in [0.5, 0.6) is 0 Å². The van der Waals surface area contributed by atoms with Crippen LogP contribution in [0.4, 0.5) is 4.79 Å². The molecule has 0 radical (unpaired) electrons. The predicted octanol–water partition coefficient (Wildman–Crippen LogP) is 4.31. The number of hydrogen-bond donors (Lipinski definition) is 2. The predicted molar refractivity (Wildman–Crippen MR) is 149 cm³/mol. The molecule has 10 nitrogen and oxygen atoms in total. The van der Waals surface area contributed by atoms with Crippen LogP contribution in [0.25, 0.3) is 0 Å². The summed E-state index contributed by atoms with van der Waals surface area (Å²) in [6.07, 6.45) is 6.85. The van der Waals surface area contributed by atoms with Gasteiger partial charge in [-0.15, -0.1) is 0 Å². The third-order valence-electron chi connectivity index (χ3n) is 4.94. The number of hydrogen-bond acceptors (Lipinski definition) is 10. The van der Waals surface area contributed by atoms with E-state index in [-0.39, 0.29) is 10.7 Å². The minimum Gasteiger partial charge on any atom is -0.468 e. The maximum atomic E-state index is 11.8. The van der Waals surface area contributed by atoms with Gasteiger partial charge in [-0.05, 0) is 39.5 Å². The van der Waals surface area contributed by atoms with E-state index in [1.165, 1.54) is 6.42 Å². The fourth-order valence-electron chi connectivity index (χ4n) is 2.81. The Labute approximate surface area is 230 Å². The highest BCUT2D eigenvalue weighted by Crippen LogP contribution is 2.37. The Morgan fingerprint density at radius 2 is 1.51 bits per heavy atom. The Kier molecular flexibility index (Phi) is 25.5. The van der Waals surface area contributed by atoms with Gasteiger partial charge < -0.3 is 34.3 Å². The molecule has 0 heterocycles. The Bertz CT molecular complexity index is 571. The average Bonchev–Trinajstić information content (AvgIpc) is 2.86. The molecule has 0 unspecified atom stereocenters. The molecule has 0 spiro atoms. The highest BCUT2D eigenvalue weighted by molar-refractivity contribution is 8.77. The van der Waals surface area contributed by atoms with Gasteiger partial charge in [0.1, 0.15) is 5.94 Å². The molecule has 0 atom stereocenters. The summed E-state index contributed by atoms with van der Waals surface area (Å²) < 4.78 is 26.2. The third-order valence-corrected chi connectivity index (χ3v) is 7.97. The maximum Gasteiger partial charge on any atom is 0.407 e. The van der Waals surface area contributed by atoms with Crippen LogP contribution in [0.1, 0.15) is 72.1 Å². The minimum atomic E-state index is -0.458. The molecule has 0 bridgehead atoms. The van der Waals surface area contributed by atoms with Crippen LogP contribution in [-0.4, -0.2) is 88.5 Å². The largest absolute Gasteiger partial charge is 0.468 e. The molecule has 0 aliphatic heterocycles. The van der Waals surface area contributed by atoms with Gasteiger partial charge in [0.25, 0.3) is 6.47 Å². The molecule has 0 saturated carbocycles. The zero-order chi connectivity index (χ0) is 27.5. The quantitative estimate of drug-likeness (QED) is 0.0642. The first-order valence-corrected chi connectivity index (χ1v) is 15.5. The summed E-state index contributed by atoms with van der Waals surface area (Å²) in [4.78, 5) is 33.5. The van der Waals surface area contributed by atoms with Gasteiger partial charge in [0, 0.05) is 30.9 Å². The molecule has 218 valence electrons. The van der Waals surface area contributed by atoms with Gasteiger partial charge in [-0.25, -0.2) is 4.79 Å². The lowest BCUT2D eigenvalue weighted by molar-refractivity contribution is -0.128. The molecule has 0 aromatic rings. The van der Waals surface area contributed by atoms with Crippen LogP contribution in [0, 0.1) is 0 Å². The van der Waals surface area contributed by atoms with Crippen LogP contribution in [0.2, 0.25) is 0 Å². The molecule has 0 aromatic heterocycles. The molecule has 0 saturated heterocycles. The van der Waals surface area contributed by atoms with Gasteiger partial charge in [0.05, 0.1) is 39.6 Å². The standard InChI is InChI=1S/C25H48N2O8S2/c1-4-5-6-7-10-23(29)26-12-17-31-19-20-32-18-13-27-24(30)35-16-11-25(2,3)37-36-22-34-15-9-8-14-33-21-28/h21H,4-20,22H2,1-3H3,(H,26,29)(H,27,30). The summed E-state index contributed by atoms with van der Waals surface area (Å²) in [5.74, 6) is 0.650. The number of alkyl carbamates (subject to hydrolysis) is 1. The van der Waals surface area contributed by atoms with Crippen LogP contribution in [0.15, 0.2) is 0 Å². The van der Waals surface area contributed by atoms with E-state index in [0.717, 1.165) is 32.1 Å². The Morgan fingerprint density at radius 3 is 2.22 bits per heavy atom. The highest BCUT2D eigenvalue weighted by Gasteiger charge is 2.19.